The monoisotopic (exact) mass is 122 g/mol. The lowest BCUT2D eigenvalue weighted by Crippen LogP contribution is -1.90. The molecule has 0 saturated carbocycles. The van der Waals surface area contributed by atoms with Crippen molar-refractivity contribution in [2.75, 3.05) is 0 Å². The maximum absolute atomic E-state index is 10.8. The smallest absolute Gasteiger partial charge is 0.249 e. The van der Waals surface area contributed by atoms with E-state index in [1.165, 1.54) is 0 Å². The van der Waals surface area contributed by atoms with Crippen LogP contribution in [-0.2, 0) is 0 Å². The lowest BCUT2D eigenvalue weighted by Gasteiger charge is -1.77. The molecule has 0 unspecified atom stereocenters. The lowest BCUT2D eigenvalue weighted by molar-refractivity contribution is -0.380. The molecule has 0 rings (SSSR count). The molecule has 0 radical (unpaired) electrons. The van der Waals surface area contributed by atoms with Crippen molar-refractivity contribution in [2.45, 2.75) is 0 Å². The summed E-state index contributed by atoms with van der Waals surface area (Å²) < 4.78 is 21.5. The van der Waals surface area contributed by atoms with Gasteiger partial charge in [0.2, 0.25) is 0 Å². The summed E-state index contributed by atoms with van der Waals surface area (Å²) in [5.74, 6) is 0. The minimum atomic E-state index is -1.58. The summed E-state index contributed by atoms with van der Waals surface area (Å²) in [6, 6.07) is 1.89. The molecule has 8 heavy (non-hydrogen) atoms. The first-order valence-corrected chi connectivity index (χ1v) is 1.40. The molecule has 0 aromatic rings. The van der Waals surface area contributed by atoms with E-state index in [4.69, 9.17) is 0 Å². The fourth-order valence-electron chi connectivity index (χ4n) is 0.0786. The van der Waals surface area contributed by atoms with Crippen LogP contribution >= 0.6 is 0 Å². The van der Waals surface area contributed by atoms with Crippen molar-refractivity contribution in [3.05, 3.63) is 10.1 Å². The van der Waals surface area contributed by atoms with Crippen molar-refractivity contribution in [3.8, 4) is 12.1 Å². The van der Waals surface area contributed by atoms with Gasteiger partial charge in [-0.25, -0.2) is 10.1 Å². The van der Waals surface area contributed by atoms with Gasteiger partial charge in [-0.3, -0.25) is 0 Å². The Morgan fingerprint density at radius 1 is 1.62 bits per heavy atom. The number of nitro groups is 1. The van der Waals surface area contributed by atoms with Crippen LogP contribution in [0.25, 0.3) is 0 Å². The van der Waals surface area contributed by atoms with Gasteiger partial charge in [-0.1, -0.05) is 8.96 Å². The number of halogens is 2. The van der Waals surface area contributed by atoms with E-state index < -0.39 is 10.3 Å². The summed E-state index contributed by atoms with van der Waals surface area (Å²) in [4.78, 5) is 8.02. The van der Waals surface area contributed by atoms with Gasteiger partial charge in [0.25, 0.3) is 0 Å². The molecule has 0 fully saturated rings. The van der Waals surface area contributed by atoms with Crippen molar-refractivity contribution < 1.29 is 13.9 Å². The summed E-state index contributed by atoms with van der Waals surface area (Å²) in [6.45, 7) is 0. The topological polar surface area (TPSA) is 46.4 Å². The summed E-state index contributed by atoms with van der Waals surface area (Å²) in [5, 5.41) is 7.60. The fourth-order valence-corrected chi connectivity index (χ4v) is 0.0786. The molecule has 0 amide bonds. The molecule has 44 valence electrons. The number of hydrogen-bond donors (Lipinski definition) is 0. The van der Waals surface area contributed by atoms with E-state index in [-0.39, 0.29) is 0 Å². The van der Waals surface area contributed by atoms with E-state index in [9.17, 15) is 19.1 Å². The van der Waals surface area contributed by atoms with Crippen LogP contribution in [-0.4, -0.2) is 10.3 Å². The van der Waals surface area contributed by atoms with Crippen molar-refractivity contribution >= 4 is 0 Å². The Labute approximate surface area is 42.7 Å². The van der Waals surface area contributed by atoms with Crippen molar-refractivity contribution in [1.82, 2.24) is 5.34 Å². The zero-order chi connectivity index (χ0) is 6.57. The first-order chi connectivity index (χ1) is 3.63. The molecule has 0 atom stereocenters. The Kier molecular flexibility index (Phi) is 2.27. The third kappa shape index (κ3) is 4.62. The summed E-state index contributed by atoms with van der Waals surface area (Å²) in [7, 11) is 0. The van der Waals surface area contributed by atoms with Crippen molar-refractivity contribution in [3.63, 3.8) is 0 Å². The van der Waals surface area contributed by atoms with Gasteiger partial charge in [0.05, 0.1) is 0 Å². The van der Waals surface area contributed by atoms with E-state index in [0.29, 0.717) is 0 Å². The predicted molar refractivity (Wildman–Crippen MR) is 18.8 cm³/mol. The van der Waals surface area contributed by atoms with Gasteiger partial charge in [0.15, 0.2) is 6.04 Å². The molecule has 0 bridgehead atoms. The van der Waals surface area contributed by atoms with Crippen LogP contribution in [0.2, 0.25) is 0 Å². The molecular weight excluding hydrogens is 122 g/mol. The first-order valence-electron chi connectivity index (χ1n) is 1.40. The van der Waals surface area contributed by atoms with Gasteiger partial charge in [-0.2, -0.15) is 0 Å². The zero-order valence-corrected chi connectivity index (χ0v) is 3.47. The van der Waals surface area contributed by atoms with Crippen LogP contribution < -0.4 is 0 Å². The molecule has 0 saturated heterocycles. The molecule has 0 aromatic heterocycles. The Balaban J connectivity index is 3.68. The number of rotatable bonds is 0. The Hall–Kier alpha value is -1.38. The average Bonchev–Trinajstić information content (AvgIpc) is 1.61. The minimum absolute atomic E-state index is 0.896. The Bertz CT molecular complexity index is 146. The molecule has 0 aliphatic rings. The van der Waals surface area contributed by atoms with Gasteiger partial charge in [0.1, 0.15) is 4.92 Å². The predicted octanol–water partition coefficient (Wildman–Crippen LogP) is 0.252. The first kappa shape index (κ1) is 6.62. The molecule has 6 heteroatoms. The van der Waals surface area contributed by atoms with Crippen LogP contribution in [0.3, 0.4) is 0 Å². The molecule has 0 aliphatic heterocycles. The highest BCUT2D eigenvalue weighted by atomic mass is 19.4. The molecule has 0 heterocycles. The summed E-state index contributed by atoms with van der Waals surface area (Å²) in [5.41, 5.74) is 0. The zero-order valence-electron chi connectivity index (χ0n) is 3.47. The van der Waals surface area contributed by atoms with Crippen LogP contribution in [0.5, 0.6) is 0 Å². The van der Waals surface area contributed by atoms with Gasteiger partial charge in [0, 0.05) is 5.34 Å². The molecule has 0 aromatic carbocycles. The third-order valence-corrected chi connectivity index (χ3v) is 0.226. The maximum atomic E-state index is 10.8. The van der Waals surface area contributed by atoms with Gasteiger partial charge in [-0.15, -0.1) is 0 Å². The number of hydrogen-bond acceptors (Lipinski definition) is 3. The van der Waals surface area contributed by atoms with Crippen LogP contribution in [0, 0.1) is 22.2 Å². The molecule has 0 aliphatic carbocycles. The van der Waals surface area contributed by atoms with Gasteiger partial charge < -0.3 is 0 Å². The largest absolute Gasteiger partial charge is 0.319 e. The Morgan fingerprint density at radius 3 is 2.25 bits per heavy atom. The Morgan fingerprint density at radius 2 is 2.12 bits per heavy atom. The van der Waals surface area contributed by atoms with E-state index in [1.807, 2.05) is 0 Å². The normalized spacial score (nSPS) is 6.75. The maximum Gasteiger partial charge on any atom is 0.319 e. The second-order valence-corrected chi connectivity index (χ2v) is 0.714. The highest BCUT2D eigenvalue weighted by Crippen LogP contribution is 1.81. The highest BCUT2D eigenvalue weighted by molar-refractivity contribution is 4.82. The van der Waals surface area contributed by atoms with E-state index in [0.717, 1.165) is 12.1 Å². The highest BCUT2D eigenvalue weighted by Gasteiger charge is 1.89. The quantitative estimate of drug-likeness (QED) is 0.152. The van der Waals surface area contributed by atoms with Gasteiger partial charge >= 0.3 is 6.04 Å². The summed E-state index contributed by atoms with van der Waals surface area (Å²) >= 11 is 0. The summed E-state index contributed by atoms with van der Waals surface area (Å²) in [6.07, 6.45) is 0. The number of nitrogens with zero attached hydrogens (tertiary/aromatic N) is 2. The minimum Gasteiger partial charge on any atom is -0.249 e. The molecule has 4 nitrogen and oxygen atoms in total. The standard InChI is InChI=1S/C2F2N2O2/c3-5(4)1-2-6(7)8. The van der Waals surface area contributed by atoms with E-state index >= 15 is 0 Å². The van der Waals surface area contributed by atoms with Crippen LogP contribution in [0.4, 0.5) is 8.96 Å². The van der Waals surface area contributed by atoms with E-state index in [2.05, 4.69) is 0 Å². The molecular formula is C2F2N2O2. The van der Waals surface area contributed by atoms with E-state index in [1.54, 1.807) is 0 Å². The van der Waals surface area contributed by atoms with Crippen molar-refractivity contribution in [1.29, 1.82) is 0 Å². The van der Waals surface area contributed by atoms with Gasteiger partial charge in [-0.05, 0) is 0 Å². The third-order valence-electron chi connectivity index (χ3n) is 0.226. The molecule has 0 spiro atoms. The average molecular weight is 122 g/mol. The fraction of sp³-hybridized carbons (Fsp3) is 0. The second-order valence-electron chi connectivity index (χ2n) is 0.714. The van der Waals surface area contributed by atoms with Crippen molar-refractivity contribution in [2.24, 2.45) is 0 Å². The molecule has 0 N–H and O–H groups in total. The second kappa shape index (κ2) is 2.74. The SMILES string of the molecule is O=[N+]([O-])C#CN(F)F. The lowest BCUT2D eigenvalue weighted by atomic mass is 11.1. The van der Waals surface area contributed by atoms with Crippen LogP contribution in [0.15, 0.2) is 0 Å². The van der Waals surface area contributed by atoms with Crippen LogP contribution in [0.1, 0.15) is 0 Å².